The standard InChI is InChI=1S/C17H25FN2O/c1-3-16(14-9-5-6-10-15(14)18)19-13(2)17(21)20-11-7-4-8-12-20/h5-6,9-10,13,16,19H,3-4,7-8,11-12H2,1-2H3. The molecule has 0 radical (unpaired) electrons. The Hall–Kier alpha value is -1.42. The van der Waals surface area contributed by atoms with Crippen molar-refractivity contribution in [2.45, 2.75) is 51.6 Å². The highest BCUT2D eigenvalue weighted by atomic mass is 19.1. The van der Waals surface area contributed by atoms with Crippen molar-refractivity contribution in [3.63, 3.8) is 0 Å². The maximum absolute atomic E-state index is 13.9. The second-order valence-corrected chi connectivity index (χ2v) is 5.76. The van der Waals surface area contributed by atoms with E-state index in [4.69, 9.17) is 0 Å². The molecule has 0 aliphatic carbocycles. The first-order valence-electron chi connectivity index (χ1n) is 7.92. The van der Waals surface area contributed by atoms with E-state index in [-0.39, 0.29) is 23.8 Å². The number of carbonyl (C=O) groups excluding carboxylic acids is 1. The molecule has 3 nitrogen and oxygen atoms in total. The summed E-state index contributed by atoms with van der Waals surface area (Å²) in [4.78, 5) is 14.4. The number of hydrogen-bond acceptors (Lipinski definition) is 2. The first kappa shape index (κ1) is 16.0. The Kier molecular flexibility index (Phi) is 5.74. The summed E-state index contributed by atoms with van der Waals surface area (Å²) >= 11 is 0. The maximum Gasteiger partial charge on any atom is 0.239 e. The van der Waals surface area contributed by atoms with Gasteiger partial charge in [-0.1, -0.05) is 25.1 Å². The van der Waals surface area contributed by atoms with Crippen LogP contribution in [0, 0.1) is 5.82 Å². The lowest BCUT2D eigenvalue weighted by molar-refractivity contribution is -0.134. The number of carbonyl (C=O) groups is 1. The summed E-state index contributed by atoms with van der Waals surface area (Å²) in [5.74, 6) is -0.0843. The predicted molar refractivity (Wildman–Crippen MR) is 82.5 cm³/mol. The Morgan fingerprint density at radius 2 is 1.95 bits per heavy atom. The van der Waals surface area contributed by atoms with Crippen LogP contribution in [0.5, 0.6) is 0 Å². The highest BCUT2D eigenvalue weighted by molar-refractivity contribution is 5.81. The summed E-state index contributed by atoms with van der Waals surface area (Å²) < 4.78 is 13.9. The molecule has 4 heteroatoms. The smallest absolute Gasteiger partial charge is 0.239 e. The molecule has 1 aromatic carbocycles. The van der Waals surface area contributed by atoms with Gasteiger partial charge in [-0.05, 0) is 38.7 Å². The molecule has 21 heavy (non-hydrogen) atoms. The zero-order chi connectivity index (χ0) is 15.2. The SMILES string of the molecule is CCC(NC(C)C(=O)N1CCCCC1)c1ccccc1F. The monoisotopic (exact) mass is 292 g/mol. The van der Waals surface area contributed by atoms with Crippen molar-refractivity contribution in [1.82, 2.24) is 10.2 Å². The molecule has 1 aliphatic heterocycles. The van der Waals surface area contributed by atoms with Crippen molar-refractivity contribution in [2.75, 3.05) is 13.1 Å². The fourth-order valence-electron chi connectivity index (χ4n) is 2.95. The van der Waals surface area contributed by atoms with E-state index < -0.39 is 0 Å². The summed E-state index contributed by atoms with van der Waals surface area (Å²) in [6, 6.07) is 6.36. The van der Waals surface area contributed by atoms with Crippen LogP contribution < -0.4 is 5.32 Å². The van der Waals surface area contributed by atoms with Gasteiger partial charge >= 0.3 is 0 Å². The Morgan fingerprint density at radius 3 is 2.57 bits per heavy atom. The second-order valence-electron chi connectivity index (χ2n) is 5.76. The minimum atomic E-state index is -0.285. The van der Waals surface area contributed by atoms with Crippen LogP contribution in [-0.4, -0.2) is 29.9 Å². The Balaban J connectivity index is 2.00. The van der Waals surface area contributed by atoms with E-state index >= 15 is 0 Å². The lowest BCUT2D eigenvalue weighted by Gasteiger charge is -2.31. The quantitative estimate of drug-likeness (QED) is 0.903. The van der Waals surface area contributed by atoms with Gasteiger partial charge in [-0.3, -0.25) is 10.1 Å². The zero-order valence-electron chi connectivity index (χ0n) is 12.9. The minimum Gasteiger partial charge on any atom is -0.341 e. The van der Waals surface area contributed by atoms with Gasteiger partial charge in [0, 0.05) is 24.7 Å². The van der Waals surface area contributed by atoms with Crippen molar-refractivity contribution in [3.05, 3.63) is 35.6 Å². The molecule has 116 valence electrons. The predicted octanol–water partition coefficient (Wildman–Crippen LogP) is 3.27. The molecule has 2 unspecified atom stereocenters. The number of halogens is 1. The van der Waals surface area contributed by atoms with Gasteiger partial charge in [0.25, 0.3) is 0 Å². The molecule has 1 aliphatic rings. The summed E-state index contributed by atoms with van der Waals surface area (Å²) in [7, 11) is 0. The molecular weight excluding hydrogens is 267 g/mol. The molecule has 0 aromatic heterocycles. The molecule has 0 bridgehead atoms. The van der Waals surface area contributed by atoms with E-state index in [1.165, 1.54) is 12.5 Å². The van der Waals surface area contributed by atoms with Crippen LogP contribution in [0.25, 0.3) is 0 Å². The highest BCUT2D eigenvalue weighted by Crippen LogP contribution is 2.21. The van der Waals surface area contributed by atoms with Crippen LogP contribution in [0.15, 0.2) is 24.3 Å². The van der Waals surface area contributed by atoms with E-state index in [0.29, 0.717) is 5.56 Å². The van der Waals surface area contributed by atoms with Crippen molar-refractivity contribution < 1.29 is 9.18 Å². The van der Waals surface area contributed by atoms with Crippen molar-refractivity contribution in [2.24, 2.45) is 0 Å². The average Bonchev–Trinajstić information content (AvgIpc) is 2.53. The number of nitrogens with one attached hydrogen (secondary N) is 1. The van der Waals surface area contributed by atoms with Gasteiger partial charge in [0.1, 0.15) is 5.82 Å². The number of rotatable bonds is 5. The molecule has 1 amide bonds. The third-order valence-corrected chi connectivity index (χ3v) is 4.18. The third-order valence-electron chi connectivity index (χ3n) is 4.18. The van der Waals surface area contributed by atoms with Gasteiger partial charge in [0.15, 0.2) is 0 Å². The molecule has 1 saturated heterocycles. The van der Waals surface area contributed by atoms with E-state index in [1.807, 2.05) is 24.8 Å². The number of benzene rings is 1. The molecule has 2 rings (SSSR count). The van der Waals surface area contributed by atoms with Crippen molar-refractivity contribution in [3.8, 4) is 0 Å². The topological polar surface area (TPSA) is 32.3 Å². The van der Waals surface area contributed by atoms with Gasteiger partial charge in [-0.25, -0.2) is 4.39 Å². The first-order chi connectivity index (χ1) is 10.1. The van der Waals surface area contributed by atoms with Crippen LogP contribution in [0.2, 0.25) is 0 Å². The second kappa shape index (κ2) is 7.55. The fourth-order valence-corrected chi connectivity index (χ4v) is 2.95. The Labute approximate surface area is 126 Å². The van der Waals surface area contributed by atoms with Crippen LogP contribution in [0.3, 0.4) is 0 Å². The maximum atomic E-state index is 13.9. The van der Waals surface area contributed by atoms with Crippen LogP contribution in [-0.2, 0) is 4.79 Å². The summed E-state index contributed by atoms with van der Waals surface area (Å²) in [5.41, 5.74) is 0.637. The normalized spacial score (nSPS) is 18.3. The minimum absolute atomic E-state index is 0.129. The average molecular weight is 292 g/mol. The number of hydrogen-bond donors (Lipinski definition) is 1. The molecular formula is C17H25FN2O. The number of likely N-dealkylation sites (tertiary alicyclic amines) is 1. The molecule has 0 saturated carbocycles. The Bertz CT molecular complexity index is 472. The van der Waals surface area contributed by atoms with Gasteiger partial charge in [0.2, 0.25) is 5.91 Å². The molecule has 2 atom stereocenters. The lowest BCUT2D eigenvalue weighted by Crippen LogP contribution is -2.47. The van der Waals surface area contributed by atoms with Crippen LogP contribution >= 0.6 is 0 Å². The summed E-state index contributed by atoms with van der Waals surface area (Å²) in [6.07, 6.45) is 4.13. The van der Waals surface area contributed by atoms with Crippen molar-refractivity contribution in [1.29, 1.82) is 0 Å². The van der Waals surface area contributed by atoms with Crippen LogP contribution in [0.4, 0.5) is 4.39 Å². The van der Waals surface area contributed by atoms with Gasteiger partial charge in [-0.2, -0.15) is 0 Å². The summed E-state index contributed by atoms with van der Waals surface area (Å²) in [5, 5.41) is 3.29. The van der Waals surface area contributed by atoms with Crippen LogP contribution in [0.1, 0.15) is 51.1 Å². The first-order valence-corrected chi connectivity index (χ1v) is 7.92. The van der Waals surface area contributed by atoms with Crippen molar-refractivity contribution >= 4 is 5.91 Å². The van der Waals surface area contributed by atoms with E-state index in [0.717, 1.165) is 32.4 Å². The molecule has 1 fully saturated rings. The van der Waals surface area contributed by atoms with E-state index in [2.05, 4.69) is 5.32 Å². The lowest BCUT2D eigenvalue weighted by atomic mass is 10.0. The number of amides is 1. The highest BCUT2D eigenvalue weighted by Gasteiger charge is 2.24. The van der Waals surface area contributed by atoms with Gasteiger partial charge in [-0.15, -0.1) is 0 Å². The van der Waals surface area contributed by atoms with Gasteiger partial charge in [0.05, 0.1) is 6.04 Å². The largest absolute Gasteiger partial charge is 0.341 e. The van der Waals surface area contributed by atoms with E-state index in [1.54, 1.807) is 12.1 Å². The zero-order valence-corrected chi connectivity index (χ0v) is 12.9. The number of nitrogens with zero attached hydrogens (tertiary/aromatic N) is 1. The molecule has 1 N–H and O–H groups in total. The van der Waals surface area contributed by atoms with Gasteiger partial charge < -0.3 is 4.90 Å². The molecule has 1 heterocycles. The van der Waals surface area contributed by atoms with E-state index in [9.17, 15) is 9.18 Å². The third kappa shape index (κ3) is 4.03. The fraction of sp³-hybridized carbons (Fsp3) is 0.588. The summed E-state index contributed by atoms with van der Waals surface area (Å²) in [6.45, 7) is 5.57. The molecule has 1 aromatic rings. The molecule has 0 spiro atoms. The number of piperidine rings is 1. The Morgan fingerprint density at radius 1 is 1.29 bits per heavy atom.